The Morgan fingerprint density at radius 1 is 1.16 bits per heavy atom. The predicted octanol–water partition coefficient (Wildman–Crippen LogP) is 4.43. The van der Waals surface area contributed by atoms with Crippen LogP contribution >= 0.6 is 0 Å². The van der Waals surface area contributed by atoms with Crippen molar-refractivity contribution in [3.63, 3.8) is 0 Å². The summed E-state index contributed by atoms with van der Waals surface area (Å²) in [5.74, 6) is 0.0948. The molecule has 0 unspecified atom stereocenters. The fraction of sp³-hybridized carbons (Fsp3) is 0.280. The number of para-hydroxylation sites is 1. The van der Waals surface area contributed by atoms with Crippen molar-refractivity contribution in [2.45, 2.75) is 26.4 Å². The van der Waals surface area contributed by atoms with Crippen molar-refractivity contribution in [3.05, 3.63) is 60.5 Å². The number of hydrogen-bond acceptors (Lipinski definition) is 5. The first kappa shape index (κ1) is 21.8. The Kier molecular flexibility index (Phi) is 6.10. The van der Waals surface area contributed by atoms with Gasteiger partial charge in [-0.05, 0) is 47.7 Å². The number of carbonyl (C=O) groups is 1. The number of rotatable bonds is 4. The molecule has 1 amide bonds. The Bertz CT molecular complexity index is 1150. The Morgan fingerprint density at radius 3 is 2.53 bits per heavy atom. The van der Waals surface area contributed by atoms with E-state index < -0.39 is 11.9 Å². The van der Waals surface area contributed by atoms with Gasteiger partial charge < -0.3 is 20.4 Å². The molecule has 166 valence electrons. The van der Waals surface area contributed by atoms with Crippen LogP contribution < -0.4 is 10.2 Å². The average Bonchev–Trinajstić information content (AvgIpc) is 2.77. The van der Waals surface area contributed by atoms with E-state index in [1.165, 1.54) is 19.1 Å². The second-order valence-corrected chi connectivity index (χ2v) is 8.26. The molecule has 3 aromatic rings. The van der Waals surface area contributed by atoms with Crippen LogP contribution in [-0.2, 0) is 4.79 Å². The number of piperidine rings is 1. The highest BCUT2D eigenvalue weighted by Gasteiger charge is 2.25. The highest BCUT2D eigenvalue weighted by atomic mass is 19.1. The van der Waals surface area contributed by atoms with Crippen molar-refractivity contribution in [3.8, 4) is 28.0 Å². The summed E-state index contributed by atoms with van der Waals surface area (Å²) in [6.07, 6.45) is 2.16. The molecular weight excluding hydrogens is 409 g/mol. The number of aromatic hydroxyl groups is 1. The first-order valence-electron chi connectivity index (χ1n) is 10.6. The molecule has 0 saturated carbocycles. The largest absolute Gasteiger partial charge is 0.507 e. The summed E-state index contributed by atoms with van der Waals surface area (Å²) < 4.78 is 14.4. The average molecular weight is 435 g/mol. The Morgan fingerprint density at radius 2 is 1.88 bits per heavy atom. The number of anilines is 2. The molecule has 1 saturated heterocycles. The van der Waals surface area contributed by atoms with Crippen molar-refractivity contribution in [1.29, 1.82) is 0 Å². The van der Waals surface area contributed by atoms with E-state index >= 15 is 0 Å². The van der Waals surface area contributed by atoms with Gasteiger partial charge in [0.25, 0.3) is 0 Å². The molecule has 7 heteroatoms. The van der Waals surface area contributed by atoms with Gasteiger partial charge in [0, 0.05) is 37.3 Å². The van der Waals surface area contributed by atoms with Crippen molar-refractivity contribution in [1.82, 2.24) is 4.98 Å². The maximum atomic E-state index is 14.4. The molecule has 0 radical (unpaired) electrons. The fourth-order valence-corrected chi connectivity index (χ4v) is 4.00. The van der Waals surface area contributed by atoms with Gasteiger partial charge in [0.1, 0.15) is 17.4 Å². The van der Waals surface area contributed by atoms with Crippen LogP contribution in [0.4, 0.5) is 15.9 Å². The molecule has 2 aromatic carbocycles. The molecule has 0 spiro atoms. The van der Waals surface area contributed by atoms with Gasteiger partial charge in [0.15, 0.2) is 0 Å². The van der Waals surface area contributed by atoms with Crippen LogP contribution in [0.25, 0.3) is 22.3 Å². The fourth-order valence-electron chi connectivity index (χ4n) is 4.00. The summed E-state index contributed by atoms with van der Waals surface area (Å²) in [5, 5.41) is 23.7. The van der Waals surface area contributed by atoms with Gasteiger partial charge in [0.2, 0.25) is 5.91 Å². The number of aromatic nitrogens is 1. The van der Waals surface area contributed by atoms with Gasteiger partial charge >= 0.3 is 0 Å². The number of pyridine rings is 1. The standard InChI is InChI=1S/C25H26FN3O3/c1-15-9-11-29(14-23(15)31)24-13-18(8-10-27-24)20-5-3-4-19(25(20)32)17-6-7-22(21(26)12-17)28-16(2)30/h3-8,10,12-13,15,23,31-32H,9,11,14H2,1-2H3,(H,28,30)/t15-,23+/m1/s1. The first-order chi connectivity index (χ1) is 15.3. The molecule has 32 heavy (non-hydrogen) atoms. The van der Waals surface area contributed by atoms with Crippen LogP contribution in [0.2, 0.25) is 0 Å². The van der Waals surface area contributed by atoms with E-state index in [0.717, 1.165) is 24.3 Å². The summed E-state index contributed by atoms with van der Waals surface area (Å²) >= 11 is 0. The zero-order chi connectivity index (χ0) is 22.8. The number of β-amino-alcohol motifs (C(OH)–C–C–N with tert-alkyl or cyclic N) is 1. The maximum Gasteiger partial charge on any atom is 0.221 e. The molecule has 4 rings (SSSR count). The second kappa shape index (κ2) is 8.96. The third-order valence-electron chi connectivity index (χ3n) is 5.93. The minimum Gasteiger partial charge on any atom is -0.507 e. The summed E-state index contributed by atoms with van der Waals surface area (Å²) in [6, 6.07) is 13.4. The van der Waals surface area contributed by atoms with Crippen LogP contribution in [-0.4, -0.2) is 40.3 Å². The van der Waals surface area contributed by atoms with Crippen LogP contribution in [0.15, 0.2) is 54.7 Å². The molecule has 1 fully saturated rings. The van der Waals surface area contributed by atoms with E-state index in [-0.39, 0.29) is 23.3 Å². The number of aliphatic hydroxyl groups is 1. The number of nitrogens with zero attached hydrogens (tertiary/aromatic N) is 2. The number of carbonyl (C=O) groups excluding carboxylic acids is 1. The van der Waals surface area contributed by atoms with Crippen LogP contribution in [0.1, 0.15) is 20.3 Å². The van der Waals surface area contributed by atoms with Crippen LogP contribution in [0, 0.1) is 11.7 Å². The number of phenols is 1. The first-order valence-corrected chi connectivity index (χ1v) is 10.6. The zero-order valence-corrected chi connectivity index (χ0v) is 18.0. The molecule has 0 bridgehead atoms. The minimum atomic E-state index is -0.577. The van der Waals surface area contributed by atoms with Gasteiger partial charge in [0.05, 0.1) is 11.8 Å². The van der Waals surface area contributed by atoms with E-state index in [1.54, 1.807) is 30.5 Å². The van der Waals surface area contributed by atoms with E-state index in [0.29, 0.717) is 23.2 Å². The number of phenolic OH excluding ortho intramolecular Hbond substituents is 1. The number of hydrogen-bond donors (Lipinski definition) is 3. The third-order valence-corrected chi connectivity index (χ3v) is 5.93. The van der Waals surface area contributed by atoms with E-state index in [2.05, 4.69) is 10.3 Å². The van der Waals surface area contributed by atoms with E-state index in [1.807, 2.05) is 24.0 Å². The lowest BCUT2D eigenvalue weighted by atomic mass is 9.95. The maximum absolute atomic E-state index is 14.4. The molecule has 1 aliphatic heterocycles. The van der Waals surface area contributed by atoms with E-state index in [9.17, 15) is 19.4 Å². The monoisotopic (exact) mass is 435 g/mol. The van der Waals surface area contributed by atoms with Crippen molar-refractivity contribution < 1.29 is 19.4 Å². The molecule has 0 aliphatic carbocycles. The number of halogens is 1. The van der Waals surface area contributed by atoms with E-state index in [4.69, 9.17) is 0 Å². The summed E-state index contributed by atoms with van der Waals surface area (Å²) in [4.78, 5) is 17.7. The molecule has 2 heterocycles. The Hall–Kier alpha value is -3.45. The summed E-state index contributed by atoms with van der Waals surface area (Å²) in [7, 11) is 0. The van der Waals surface area contributed by atoms with Gasteiger partial charge in [-0.1, -0.05) is 31.2 Å². The van der Waals surface area contributed by atoms with Gasteiger partial charge in [-0.2, -0.15) is 0 Å². The summed E-state index contributed by atoms with van der Waals surface area (Å²) in [6.45, 7) is 4.68. The molecule has 2 atom stereocenters. The normalized spacial score (nSPS) is 18.4. The van der Waals surface area contributed by atoms with Crippen LogP contribution in [0.3, 0.4) is 0 Å². The van der Waals surface area contributed by atoms with Crippen molar-refractivity contribution in [2.24, 2.45) is 5.92 Å². The predicted molar refractivity (Wildman–Crippen MR) is 123 cm³/mol. The van der Waals surface area contributed by atoms with Crippen molar-refractivity contribution in [2.75, 3.05) is 23.3 Å². The summed E-state index contributed by atoms with van der Waals surface area (Å²) in [5.41, 5.74) is 2.45. The third kappa shape index (κ3) is 4.43. The molecule has 6 nitrogen and oxygen atoms in total. The highest BCUT2D eigenvalue weighted by Crippen LogP contribution is 2.39. The molecular formula is C25H26FN3O3. The lowest BCUT2D eigenvalue weighted by Gasteiger charge is -2.35. The zero-order valence-electron chi connectivity index (χ0n) is 18.0. The topological polar surface area (TPSA) is 85.7 Å². The SMILES string of the molecule is CC(=O)Nc1ccc(-c2cccc(-c3ccnc(N4CC[C@@H](C)[C@@H](O)C4)c3)c2O)cc1F. The number of amides is 1. The number of aliphatic hydroxyl groups excluding tert-OH is 1. The Labute approximate surface area is 186 Å². The lowest BCUT2D eigenvalue weighted by molar-refractivity contribution is -0.114. The number of benzene rings is 2. The smallest absolute Gasteiger partial charge is 0.221 e. The van der Waals surface area contributed by atoms with Crippen molar-refractivity contribution >= 4 is 17.4 Å². The van der Waals surface area contributed by atoms with Gasteiger partial charge in [-0.15, -0.1) is 0 Å². The number of nitrogens with one attached hydrogen (secondary N) is 1. The lowest BCUT2D eigenvalue weighted by Crippen LogP contribution is -2.43. The second-order valence-electron chi connectivity index (χ2n) is 8.26. The molecule has 1 aromatic heterocycles. The van der Waals surface area contributed by atoms with Crippen LogP contribution in [0.5, 0.6) is 5.75 Å². The van der Waals surface area contributed by atoms with Gasteiger partial charge in [-0.25, -0.2) is 9.37 Å². The molecule has 3 N–H and O–H groups in total. The minimum absolute atomic E-state index is 0.0311. The highest BCUT2D eigenvalue weighted by molar-refractivity contribution is 5.89. The quantitative estimate of drug-likeness (QED) is 0.565. The van der Waals surface area contributed by atoms with Gasteiger partial charge in [-0.3, -0.25) is 4.79 Å². The Balaban J connectivity index is 1.66. The molecule has 1 aliphatic rings.